The normalized spacial score (nSPS) is 10.5. The van der Waals surface area contributed by atoms with Gasteiger partial charge < -0.3 is 24.6 Å². The van der Waals surface area contributed by atoms with Crippen LogP contribution in [0, 0.1) is 25.5 Å². The fourth-order valence-electron chi connectivity index (χ4n) is 2.79. The number of aliphatic carboxylic acids is 1. The summed E-state index contributed by atoms with van der Waals surface area (Å²) in [4.78, 5) is 18.9. The lowest BCUT2D eigenvalue weighted by Crippen LogP contribution is -2.10. The predicted octanol–water partition coefficient (Wildman–Crippen LogP) is 4.17. The zero-order chi connectivity index (χ0) is 23.3. The van der Waals surface area contributed by atoms with Crippen LogP contribution in [0.1, 0.15) is 16.7 Å². The van der Waals surface area contributed by atoms with Gasteiger partial charge in [0.2, 0.25) is 5.95 Å². The first kappa shape index (κ1) is 22.7. The van der Waals surface area contributed by atoms with Gasteiger partial charge in [0.25, 0.3) is 0 Å². The number of hydrogen-bond donors (Lipinski definition) is 2. The van der Waals surface area contributed by atoms with Crippen molar-refractivity contribution in [2.24, 2.45) is 0 Å². The molecule has 0 unspecified atom stereocenters. The van der Waals surface area contributed by atoms with E-state index >= 15 is 0 Å². The van der Waals surface area contributed by atoms with Gasteiger partial charge >= 0.3 is 5.97 Å². The molecule has 168 valence electrons. The van der Waals surface area contributed by atoms with Gasteiger partial charge in [-0.2, -0.15) is 0 Å². The lowest BCUT2D eigenvalue weighted by Gasteiger charge is -2.13. The number of rotatable bonds is 9. The summed E-state index contributed by atoms with van der Waals surface area (Å²) in [6, 6.07) is 6.42. The first-order valence-electron chi connectivity index (χ1n) is 9.47. The highest BCUT2D eigenvalue weighted by Gasteiger charge is 2.18. The van der Waals surface area contributed by atoms with Gasteiger partial charge in [0.1, 0.15) is 18.2 Å². The number of aromatic nitrogens is 2. The number of carboxylic acid groups (broad SMARTS) is 1. The number of nitrogens with zero attached hydrogens (tertiary/aromatic N) is 2. The molecule has 1 aromatic heterocycles. The second-order valence-corrected chi connectivity index (χ2v) is 6.82. The highest BCUT2D eigenvalue weighted by molar-refractivity contribution is 5.68. The summed E-state index contributed by atoms with van der Waals surface area (Å²) < 4.78 is 44.2. The minimum atomic E-state index is -1.08. The number of ether oxygens (including phenoxy) is 3. The minimum Gasteiger partial charge on any atom is -0.494 e. The molecule has 2 aromatic carbocycles. The number of carboxylic acids is 1. The van der Waals surface area contributed by atoms with Crippen molar-refractivity contribution in [2.45, 2.75) is 20.5 Å². The zero-order valence-electron chi connectivity index (χ0n) is 17.6. The van der Waals surface area contributed by atoms with Crippen molar-refractivity contribution in [3.63, 3.8) is 0 Å². The Hall–Kier alpha value is -3.95. The summed E-state index contributed by atoms with van der Waals surface area (Å²) in [5, 5.41) is 11.7. The molecule has 0 saturated heterocycles. The van der Waals surface area contributed by atoms with Crippen LogP contribution in [0.5, 0.6) is 17.2 Å². The number of benzene rings is 2. The molecule has 0 saturated carbocycles. The lowest BCUT2D eigenvalue weighted by atomic mass is 10.1. The van der Waals surface area contributed by atoms with Crippen LogP contribution >= 0.6 is 0 Å². The van der Waals surface area contributed by atoms with Crippen LogP contribution in [-0.4, -0.2) is 34.8 Å². The molecule has 2 N–H and O–H groups in total. The number of nitrogens with one attached hydrogen (secondary N) is 1. The molecule has 0 aliphatic carbocycles. The third-order valence-electron chi connectivity index (χ3n) is 4.47. The molecule has 3 rings (SSSR count). The maximum absolute atomic E-state index is 14.4. The first-order valence-corrected chi connectivity index (χ1v) is 9.47. The van der Waals surface area contributed by atoms with E-state index < -0.39 is 24.2 Å². The largest absolute Gasteiger partial charge is 0.494 e. The van der Waals surface area contributed by atoms with E-state index in [2.05, 4.69) is 15.3 Å². The predicted molar refractivity (Wildman–Crippen MR) is 112 cm³/mol. The molecule has 0 spiro atoms. The van der Waals surface area contributed by atoms with Crippen LogP contribution in [-0.2, 0) is 11.4 Å². The van der Waals surface area contributed by atoms with E-state index in [1.165, 1.54) is 32.5 Å². The Morgan fingerprint density at radius 3 is 2.41 bits per heavy atom. The Morgan fingerprint density at radius 1 is 1.03 bits per heavy atom. The Bertz CT molecular complexity index is 1120. The van der Waals surface area contributed by atoms with Crippen LogP contribution in [0.3, 0.4) is 0 Å². The van der Waals surface area contributed by atoms with Gasteiger partial charge in [0, 0.05) is 11.8 Å². The number of anilines is 2. The monoisotopic (exact) mass is 445 g/mol. The van der Waals surface area contributed by atoms with Gasteiger partial charge in [-0.3, -0.25) is 0 Å². The topological polar surface area (TPSA) is 103 Å². The van der Waals surface area contributed by atoms with Crippen LogP contribution in [0.25, 0.3) is 0 Å². The number of methoxy groups -OCH3 is 1. The Kier molecular flexibility index (Phi) is 7.04. The van der Waals surface area contributed by atoms with Gasteiger partial charge in [-0.25, -0.2) is 23.5 Å². The lowest BCUT2D eigenvalue weighted by molar-refractivity contribution is -0.139. The highest BCUT2D eigenvalue weighted by atomic mass is 19.1. The number of carbonyl (C=O) groups is 1. The number of halogens is 2. The van der Waals surface area contributed by atoms with Crippen LogP contribution < -0.4 is 19.5 Å². The van der Waals surface area contributed by atoms with E-state index in [0.29, 0.717) is 11.4 Å². The smallest absolute Gasteiger partial charge is 0.341 e. The average molecular weight is 445 g/mol. The summed E-state index contributed by atoms with van der Waals surface area (Å²) in [6.07, 6.45) is 2.71. The second-order valence-electron chi connectivity index (χ2n) is 6.82. The van der Waals surface area contributed by atoms with E-state index in [4.69, 9.17) is 19.3 Å². The SMILES string of the molecule is COc1cc(C)c(F)c(COc2cnc(Nc3ccc(C)c(OCC(=O)O)c3)nc2)c1F. The average Bonchev–Trinajstić information content (AvgIpc) is 2.77. The van der Waals surface area contributed by atoms with E-state index in [0.717, 1.165) is 5.56 Å². The Balaban J connectivity index is 1.67. The molecule has 3 aromatic rings. The molecule has 0 amide bonds. The molecular weight excluding hydrogens is 424 g/mol. The third kappa shape index (κ3) is 5.39. The molecule has 8 nitrogen and oxygen atoms in total. The highest BCUT2D eigenvalue weighted by Crippen LogP contribution is 2.28. The molecular formula is C22H21F2N3O5. The molecule has 0 aliphatic heterocycles. The Labute approximate surface area is 182 Å². The molecule has 0 atom stereocenters. The van der Waals surface area contributed by atoms with E-state index in [9.17, 15) is 13.6 Å². The van der Waals surface area contributed by atoms with Gasteiger partial charge in [0.05, 0.1) is 25.1 Å². The van der Waals surface area contributed by atoms with E-state index in [1.807, 2.05) is 0 Å². The van der Waals surface area contributed by atoms with Gasteiger partial charge in [-0.1, -0.05) is 6.07 Å². The molecule has 1 heterocycles. The van der Waals surface area contributed by atoms with Crippen molar-refractivity contribution in [1.82, 2.24) is 9.97 Å². The Morgan fingerprint density at radius 2 is 1.75 bits per heavy atom. The molecule has 32 heavy (non-hydrogen) atoms. The molecule has 10 heteroatoms. The number of aryl methyl sites for hydroxylation is 2. The van der Waals surface area contributed by atoms with Crippen LogP contribution in [0.2, 0.25) is 0 Å². The fraction of sp³-hybridized carbons (Fsp3) is 0.227. The quantitative estimate of drug-likeness (QED) is 0.506. The summed E-state index contributed by atoms with van der Waals surface area (Å²) >= 11 is 0. The number of hydrogen-bond acceptors (Lipinski definition) is 7. The minimum absolute atomic E-state index is 0.0666. The van der Waals surface area contributed by atoms with Crippen molar-refractivity contribution in [3.05, 3.63) is 65.0 Å². The molecule has 0 fully saturated rings. The summed E-state index contributed by atoms with van der Waals surface area (Å²) in [5.74, 6) is -1.81. The summed E-state index contributed by atoms with van der Waals surface area (Å²) in [5.41, 5.74) is 1.34. The van der Waals surface area contributed by atoms with Crippen molar-refractivity contribution >= 4 is 17.6 Å². The summed E-state index contributed by atoms with van der Waals surface area (Å²) in [6.45, 7) is 2.47. The van der Waals surface area contributed by atoms with Gasteiger partial charge in [-0.15, -0.1) is 0 Å². The van der Waals surface area contributed by atoms with E-state index in [1.54, 1.807) is 25.1 Å². The molecule has 0 radical (unpaired) electrons. The third-order valence-corrected chi connectivity index (χ3v) is 4.47. The maximum Gasteiger partial charge on any atom is 0.341 e. The fourth-order valence-corrected chi connectivity index (χ4v) is 2.79. The second kappa shape index (κ2) is 9.90. The molecule has 0 aliphatic rings. The standard InChI is InChI=1S/C22H21F2N3O5/c1-12-4-5-14(7-17(12)32-11-19(28)29)27-22-25-8-15(9-26-22)31-10-16-20(23)13(2)6-18(30-3)21(16)24/h4-9H,10-11H2,1-3H3,(H,28,29)(H,25,26,27). The van der Waals surface area contributed by atoms with Gasteiger partial charge in [0.15, 0.2) is 23.9 Å². The van der Waals surface area contributed by atoms with Crippen molar-refractivity contribution in [3.8, 4) is 17.2 Å². The maximum atomic E-state index is 14.4. The zero-order valence-corrected chi connectivity index (χ0v) is 17.6. The van der Waals surface area contributed by atoms with Crippen molar-refractivity contribution in [2.75, 3.05) is 19.0 Å². The van der Waals surface area contributed by atoms with E-state index in [-0.39, 0.29) is 35.2 Å². The summed E-state index contributed by atoms with van der Waals surface area (Å²) in [7, 11) is 1.30. The van der Waals surface area contributed by atoms with Crippen LogP contribution in [0.4, 0.5) is 20.4 Å². The first-order chi connectivity index (χ1) is 15.3. The van der Waals surface area contributed by atoms with Crippen molar-refractivity contribution < 1.29 is 32.9 Å². The van der Waals surface area contributed by atoms with Gasteiger partial charge in [-0.05, 0) is 37.1 Å². The molecule has 0 bridgehead atoms. The van der Waals surface area contributed by atoms with Crippen LogP contribution in [0.15, 0.2) is 36.7 Å². The van der Waals surface area contributed by atoms with Crippen molar-refractivity contribution in [1.29, 1.82) is 0 Å².